The van der Waals surface area contributed by atoms with Crippen LogP contribution in [0, 0.1) is 10.1 Å². The van der Waals surface area contributed by atoms with Crippen molar-refractivity contribution in [3.63, 3.8) is 0 Å². The maximum absolute atomic E-state index is 13.3. The van der Waals surface area contributed by atoms with Gasteiger partial charge in [0.05, 0.1) is 27.4 Å². The molecule has 3 heterocycles. The Morgan fingerprint density at radius 2 is 1.66 bits per heavy atom. The molecule has 0 bridgehead atoms. The third-order valence-electron chi connectivity index (χ3n) is 4.80. The van der Waals surface area contributed by atoms with Crippen molar-refractivity contribution in [3.8, 4) is 11.4 Å². The van der Waals surface area contributed by atoms with Crippen LogP contribution >= 0.6 is 0 Å². The summed E-state index contributed by atoms with van der Waals surface area (Å²) >= 11 is 0. The van der Waals surface area contributed by atoms with Gasteiger partial charge < -0.3 is 10.1 Å². The predicted molar refractivity (Wildman–Crippen MR) is 107 cm³/mol. The molecule has 32 heavy (non-hydrogen) atoms. The summed E-state index contributed by atoms with van der Waals surface area (Å²) in [6.45, 7) is 6.85. The number of hydrogen-bond donors (Lipinski definition) is 2. The fraction of sp³-hybridized carbons (Fsp3) is 0.368. The second-order valence-corrected chi connectivity index (χ2v) is 7.67. The molecule has 3 aromatic rings. The minimum absolute atomic E-state index is 0.0548. The van der Waals surface area contributed by atoms with Gasteiger partial charge in [0.2, 0.25) is 5.75 Å². The van der Waals surface area contributed by atoms with Gasteiger partial charge in [-0.15, -0.1) is 0 Å². The van der Waals surface area contributed by atoms with Crippen LogP contribution in [0.15, 0.2) is 22.0 Å². The van der Waals surface area contributed by atoms with Crippen molar-refractivity contribution in [3.05, 3.63) is 60.3 Å². The summed E-state index contributed by atoms with van der Waals surface area (Å²) in [4.78, 5) is 46.2. The van der Waals surface area contributed by atoms with Gasteiger partial charge in [-0.05, 0) is 17.9 Å². The number of alkyl halides is 3. The molecular formula is C19H18F3N5O5. The quantitative estimate of drug-likeness (QED) is 0.455. The van der Waals surface area contributed by atoms with Crippen LogP contribution in [0.5, 0.6) is 5.75 Å². The molecule has 2 N–H and O–H groups in total. The molecule has 0 aliphatic heterocycles. The molecule has 170 valence electrons. The first-order valence-electron chi connectivity index (χ1n) is 9.39. The van der Waals surface area contributed by atoms with E-state index >= 15 is 0 Å². The van der Waals surface area contributed by atoms with Crippen LogP contribution in [0.4, 0.5) is 18.9 Å². The molecule has 0 unspecified atom stereocenters. The Morgan fingerprint density at radius 3 is 2.09 bits per heavy atom. The van der Waals surface area contributed by atoms with Gasteiger partial charge >= 0.3 is 17.4 Å². The molecule has 0 aliphatic rings. The van der Waals surface area contributed by atoms with E-state index in [1.54, 1.807) is 32.7 Å². The number of nitrogens with one attached hydrogen (secondary N) is 1. The Hall–Kier alpha value is -3.77. The number of aromatic nitrogens is 4. The lowest BCUT2D eigenvalue weighted by Crippen LogP contribution is -2.30. The van der Waals surface area contributed by atoms with Crippen molar-refractivity contribution in [1.82, 2.24) is 19.5 Å². The van der Waals surface area contributed by atoms with Crippen LogP contribution in [0.2, 0.25) is 0 Å². The van der Waals surface area contributed by atoms with Crippen LogP contribution in [0.25, 0.3) is 16.6 Å². The third-order valence-corrected chi connectivity index (χ3v) is 4.80. The molecular weight excluding hydrogens is 435 g/mol. The predicted octanol–water partition coefficient (Wildman–Crippen LogP) is 3.35. The molecule has 3 aromatic heterocycles. The number of aromatic hydroxyl groups is 1. The summed E-state index contributed by atoms with van der Waals surface area (Å²) in [5.41, 5.74) is -5.94. The van der Waals surface area contributed by atoms with E-state index in [9.17, 15) is 38.0 Å². The number of aromatic amines is 1. The highest BCUT2D eigenvalue weighted by Gasteiger charge is 2.36. The molecule has 0 aromatic carbocycles. The van der Waals surface area contributed by atoms with Gasteiger partial charge in [0, 0.05) is 0 Å². The van der Waals surface area contributed by atoms with Crippen LogP contribution < -0.4 is 11.1 Å². The van der Waals surface area contributed by atoms with Crippen LogP contribution in [-0.4, -0.2) is 29.5 Å². The average Bonchev–Trinajstić information content (AvgIpc) is 2.67. The zero-order valence-electron chi connectivity index (χ0n) is 17.3. The average molecular weight is 453 g/mol. The Bertz CT molecular complexity index is 1330. The van der Waals surface area contributed by atoms with E-state index in [4.69, 9.17) is 0 Å². The minimum Gasteiger partial charge on any atom is -0.501 e. The molecule has 0 amide bonds. The van der Waals surface area contributed by atoms with E-state index < -0.39 is 50.3 Å². The van der Waals surface area contributed by atoms with Gasteiger partial charge in [-0.1, -0.05) is 27.7 Å². The maximum atomic E-state index is 13.3. The molecule has 3 rings (SSSR count). The van der Waals surface area contributed by atoms with Crippen molar-refractivity contribution in [2.24, 2.45) is 0 Å². The molecule has 0 radical (unpaired) electrons. The SMILES string of the molecule is CC(C)c1ncnc(C(C)C)c1-n1c(=O)c([N+](=O)[O-])c(O)c2cc(C(F)(F)F)[nH]c(=O)c21. The minimum atomic E-state index is -5.02. The van der Waals surface area contributed by atoms with E-state index in [2.05, 4.69) is 9.97 Å². The lowest BCUT2D eigenvalue weighted by Gasteiger charge is -2.20. The fourth-order valence-corrected chi connectivity index (χ4v) is 3.40. The number of hydrogen-bond acceptors (Lipinski definition) is 7. The zero-order chi connectivity index (χ0) is 24.1. The van der Waals surface area contributed by atoms with Gasteiger partial charge in [-0.3, -0.25) is 24.3 Å². The smallest absolute Gasteiger partial charge is 0.431 e. The summed E-state index contributed by atoms with van der Waals surface area (Å²) in [6, 6.07) is 0.350. The number of nitro groups is 1. The Labute approximate surface area is 177 Å². The first-order chi connectivity index (χ1) is 14.8. The topological polar surface area (TPSA) is 144 Å². The fourth-order valence-electron chi connectivity index (χ4n) is 3.40. The van der Waals surface area contributed by atoms with Gasteiger partial charge in [0.15, 0.2) is 0 Å². The second kappa shape index (κ2) is 7.73. The number of halogens is 3. The molecule has 13 heteroatoms. The monoisotopic (exact) mass is 453 g/mol. The van der Waals surface area contributed by atoms with Gasteiger partial charge in [0.1, 0.15) is 17.5 Å². The Kier molecular flexibility index (Phi) is 5.53. The second-order valence-electron chi connectivity index (χ2n) is 7.67. The summed E-state index contributed by atoms with van der Waals surface area (Å²) in [6.07, 6.45) is -3.79. The van der Waals surface area contributed by atoms with E-state index in [0.29, 0.717) is 10.6 Å². The normalized spacial score (nSPS) is 12.2. The summed E-state index contributed by atoms with van der Waals surface area (Å²) < 4.78 is 40.4. The van der Waals surface area contributed by atoms with Gasteiger partial charge in [-0.2, -0.15) is 13.2 Å². The molecule has 0 atom stereocenters. The van der Waals surface area contributed by atoms with Crippen molar-refractivity contribution < 1.29 is 23.2 Å². The van der Waals surface area contributed by atoms with Crippen molar-refractivity contribution >= 4 is 16.6 Å². The van der Waals surface area contributed by atoms with Crippen molar-refractivity contribution in [2.45, 2.75) is 45.7 Å². The van der Waals surface area contributed by atoms with Gasteiger partial charge in [0.25, 0.3) is 5.56 Å². The molecule has 0 aliphatic carbocycles. The first kappa shape index (κ1) is 22.9. The number of fused-ring (bicyclic) bond motifs is 1. The van der Waals surface area contributed by atoms with Crippen LogP contribution in [-0.2, 0) is 6.18 Å². The molecule has 0 fully saturated rings. The highest BCUT2D eigenvalue weighted by molar-refractivity contribution is 5.90. The first-order valence-corrected chi connectivity index (χ1v) is 9.39. The number of H-pyrrole nitrogens is 1. The van der Waals surface area contributed by atoms with Crippen molar-refractivity contribution in [1.29, 1.82) is 0 Å². The highest BCUT2D eigenvalue weighted by Crippen LogP contribution is 2.36. The maximum Gasteiger partial charge on any atom is 0.431 e. The highest BCUT2D eigenvalue weighted by atomic mass is 19.4. The largest absolute Gasteiger partial charge is 0.501 e. The zero-order valence-corrected chi connectivity index (χ0v) is 17.3. The van der Waals surface area contributed by atoms with Gasteiger partial charge in [-0.25, -0.2) is 9.97 Å². The lowest BCUT2D eigenvalue weighted by atomic mass is 10.0. The Morgan fingerprint density at radius 1 is 1.12 bits per heavy atom. The Balaban J connectivity index is 2.71. The van der Waals surface area contributed by atoms with E-state index in [1.807, 2.05) is 0 Å². The standard InChI is InChI=1S/C19H18F3N5O5/c1-7(2)11-14(12(8(3)4)24-6-23-11)26-13-9(16(28)15(18(26)30)27(31)32)5-10(19(20,21)22)25-17(13)29/h5-8,28H,1-4H3,(H,25,29). The number of rotatable bonds is 4. The van der Waals surface area contributed by atoms with Crippen molar-refractivity contribution in [2.75, 3.05) is 0 Å². The third kappa shape index (κ3) is 3.59. The summed E-state index contributed by atoms with van der Waals surface area (Å²) in [7, 11) is 0. The lowest BCUT2D eigenvalue weighted by molar-refractivity contribution is -0.387. The molecule has 0 spiro atoms. The summed E-state index contributed by atoms with van der Waals surface area (Å²) in [5, 5.41) is 21.1. The van der Waals surface area contributed by atoms with Crippen LogP contribution in [0.3, 0.4) is 0 Å². The van der Waals surface area contributed by atoms with E-state index in [0.717, 1.165) is 0 Å². The van der Waals surface area contributed by atoms with E-state index in [1.165, 1.54) is 6.33 Å². The van der Waals surface area contributed by atoms with Crippen LogP contribution in [0.1, 0.15) is 56.6 Å². The molecule has 10 nitrogen and oxygen atoms in total. The molecule has 0 saturated heterocycles. The number of nitrogens with zero attached hydrogens (tertiary/aromatic N) is 4. The molecule has 0 saturated carbocycles. The van der Waals surface area contributed by atoms with E-state index in [-0.39, 0.29) is 28.9 Å². The summed E-state index contributed by atoms with van der Waals surface area (Å²) in [5.74, 6) is -2.04. The number of pyridine rings is 2.